The summed E-state index contributed by atoms with van der Waals surface area (Å²) < 4.78 is 26.2. The number of halogens is 2. The molecule has 0 aliphatic carbocycles. The van der Waals surface area contributed by atoms with E-state index in [2.05, 4.69) is 4.72 Å². The Bertz CT molecular complexity index is 569. The molecule has 5 nitrogen and oxygen atoms in total. The van der Waals surface area contributed by atoms with Crippen molar-refractivity contribution in [2.75, 3.05) is 0 Å². The van der Waals surface area contributed by atoms with Gasteiger partial charge in [-0.15, -0.1) is 0 Å². The minimum atomic E-state index is -3.85. The van der Waals surface area contributed by atoms with Crippen molar-refractivity contribution < 1.29 is 18.3 Å². The number of carbonyl (C=O) groups is 1. The number of sulfonamides is 1. The van der Waals surface area contributed by atoms with Crippen LogP contribution in [0.25, 0.3) is 0 Å². The van der Waals surface area contributed by atoms with Gasteiger partial charge in [0.05, 0.1) is 5.75 Å². The Labute approximate surface area is 127 Å². The number of carboxylic acid groups (broad SMARTS) is 1. The van der Waals surface area contributed by atoms with Gasteiger partial charge in [0.25, 0.3) is 0 Å². The fourth-order valence-electron chi connectivity index (χ4n) is 1.64. The van der Waals surface area contributed by atoms with Crippen molar-refractivity contribution >= 4 is 39.2 Å². The lowest BCUT2D eigenvalue weighted by Crippen LogP contribution is -2.41. The van der Waals surface area contributed by atoms with Crippen molar-refractivity contribution in [1.29, 1.82) is 0 Å². The molecule has 1 aromatic rings. The Morgan fingerprint density at radius 2 is 1.90 bits per heavy atom. The van der Waals surface area contributed by atoms with Crippen molar-refractivity contribution in [3.8, 4) is 0 Å². The van der Waals surface area contributed by atoms with Gasteiger partial charge in [-0.1, -0.05) is 42.6 Å². The molecular formula is C12H15Cl2NO4S. The number of rotatable bonds is 7. The molecule has 0 aliphatic rings. The highest BCUT2D eigenvalue weighted by atomic mass is 35.5. The van der Waals surface area contributed by atoms with Gasteiger partial charge >= 0.3 is 5.97 Å². The minimum absolute atomic E-state index is 0.213. The molecule has 1 rings (SSSR count). The highest BCUT2D eigenvalue weighted by Crippen LogP contribution is 2.26. The van der Waals surface area contributed by atoms with E-state index < -0.39 is 27.8 Å². The molecule has 0 spiro atoms. The second kappa shape index (κ2) is 7.26. The molecule has 0 fully saturated rings. The van der Waals surface area contributed by atoms with E-state index >= 15 is 0 Å². The lowest BCUT2D eigenvalue weighted by Gasteiger charge is -2.14. The number of hydrogen-bond acceptors (Lipinski definition) is 3. The Balaban J connectivity index is 2.92. The monoisotopic (exact) mass is 339 g/mol. The molecule has 1 atom stereocenters. The molecule has 1 unspecified atom stereocenters. The van der Waals surface area contributed by atoms with Crippen LogP contribution in [0.5, 0.6) is 0 Å². The van der Waals surface area contributed by atoms with Crippen LogP contribution >= 0.6 is 23.2 Å². The third-order valence-corrected chi connectivity index (χ3v) is 4.61. The smallest absolute Gasteiger partial charge is 0.321 e. The van der Waals surface area contributed by atoms with Crippen molar-refractivity contribution in [3.05, 3.63) is 33.8 Å². The molecule has 0 saturated heterocycles. The highest BCUT2D eigenvalue weighted by Gasteiger charge is 2.24. The first-order valence-corrected chi connectivity index (χ1v) is 8.33. The molecule has 2 N–H and O–H groups in total. The summed E-state index contributed by atoms with van der Waals surface area (Å²) in [5.74, 6) is -1.67. The number of aliphatic carboxylic acids is 1. The van der Waals surface area contributed by atoms with Crippen LogP contribution in [0.2, 0.25) is 10.0 Å². The first-order chi connectivity index (χ1) is 9.26. The Morgan fingerprint density at radius 1 is 1.35 bits per heavy atom. The molecule has 0 aliphatic heterocycles. The standard InChI is InChI=1S/C12H15Cl2NO4S/c1-2-4-11(12(16)17)15-20(18,19)7-8-9(13)5-3-6-10(8)14/h3,5-6,11,15H,2,4,7H2,1H3,(H,16,17). The van der Waals surface area contributed by atoms with Crippen LogP contribution in [0.1, 0.15) is 25.3 Å². The average molecular weight is 340 g/mol. The summed E-state index contributed by atoms with van der Waals surface area (Å²) >= 11 is 11.8. The molecular weight excluding hydrogens is 325 g/mol. The normalized spacial score (nSPS) is 13.2. The molecule has 112 valence electrons. The van der Waals surface area contributed by atoms with Gasteiger partial charge in [0.15, 0.2) is 0 Å². The maximum absolute atomic E-state index is 12.0. The quantitative estimate of drug-likeness (QED) is 0.799. The minimum Gasteiger partial charge on any atom is -0.480 e. The predicted octanol–water partition coefficient (Wildman–Crippen LogP) is 2.67. The third-order valence-electron chi connectivity index (χ3n) is 2.59. The summed E-state index contributed by atoms with van der Waals surface area (Å²) in [4.78, 5) is 11.0. The zero-order valence-corrected chi connectivity index (χ0v) is 13.1. The van der Waals surface area contributed by atoms with Crippen LogP contribution in [0.3, 0.4) is 0 Å². The van der Waals surface area contributed by atoms with Crippen LogP contribution < -0.4 is 4.72 Å². The van der Waals surface area contributed by atoms with Gasteiger partial charge in [-0.05, 0) is 18.6 Å². The van der Waals surface area contributed by atoms with E-state index in [0.717, 1.165) is 0 Å². The largest absolute Gasteiger partial charge is 0.480 e. The van der Waals surface area contributed by atoms with Gasteiger partial charge < -0.3 is 5.11 Å². The van der Waals surface area contributed by atoms with Gasteiger partial charge in [-0.3, -0.25) is 4.79 Å². The van der Waals surface area contributed by atoms with Crippen LogP contribution in [-0.4, -0.2) is 25.5 Å². The fourth-order valence-corrected chi connectivity index (χ4v) is 3.76. The number of nitrogens with one attached hydrogen (secondary N) is 1. The van der Waals surface area contributed by atoms with E-state index in [1.165, 1.54) is 12.1 Å². The zero-order chi connectivity index (χ0) is 15.3. The molecule has 0 heterocycles. The lowest BCUT2D eigenvalue weighted by molar-refractivity contribution is -0.139. The SMILES string of the molecule is CCCC(NS(=O)(=O)Cc1c(Cl)cccc1Cl)C(=O)O. The number of benzene rings is 1. The summed E-state index contributed by atoms with van der Waals surface area (Å²) in [6.45, 7) is 1.77. The molecule has 8 heteroatoms. The van der Waals surface area contributed by atoms with Crippen LogP contribution in [0.15, 0.2) is 18.2 Å². The van der Waals surface area contributed by atoms with Crippen molar-refractivity contribution in [2.45, 2.75) is 31.6 Å². The second-order valence-electron chi connectivity index (χ2n) is 4.26. The van der Waals surface area contributed by atoms with Gasteiger partial charge in [0.1, 0.15) is 6.04 Å². The Hall–Kier alpha value is -0.820. The predicted molar refractivity (Wildman–Crippen MR) is 78.6 cm³/mol. The molecule has 0 amide bonds. The van der Waals surface area contributed by atoms with E-state index in [0.29, 0.717) is 6.42 Å². The van der Waals surface area contributed by atoms with Crippen LogP contribution in [0, 0.1) is 0 Å². The lowest BCUT2D eigenvalue weighted by atomic mass is 10.2. The molecule has 0 saturated carbocycles. The Morgan fingerprint density at radius 3 is 2.35 bits per heavy atom. The number of hydrogen-bond donors (Lipinski definition) is 2. The van der Waals surface area contributed by atoms with Crippen molar-refractivity contribution in [3.63, 3.8) is 0 Å². The summed E-state index contributed by atoms with van der Waals surface area (Å²) in [5.41, 5.74) is 0.254. The Kier molecular flexibility index (Phi) is 6.26. The van der Waals surface area contributed by atoms with Gasteiger partial charge in [0, 0.05) is 15.6 Å². The molecule has 0 bridgehead atoms. The van der Waals surface area contributed by atoms with E-state index in [-0.39, 0.29) is 22.0 Å². The highest BCUT2D eigenvalue weighted by molar-refractivity contribution is 7.88. The summed E-state index contributed by atoms with van der Waals surface area (Å²) in [6.07, 6.45) is 0.761. The van der Waals surface area contributed by atoms with Crippen molar-refractivity contribution in [2.24, 2.45) is 0 Å². The van der Waals surface area contributed by atoms with E-state index in [1.807, 2.05) is 0 Å². The van der Waals surface area contributed by atoms with Crippen LogP contribution in [0.4, 0.5) is 0 Å². The number of carboxylic acids is 1. The van der Waals surface area contributed by atoms with E-state index in [4.69, 9.17) is 28.3 Å². The summed E-state index contributed by atoms with van der Waals surface area (Å²) in [7, 11) is -3.85. The maximum atomic E-state index is 12.0. The summed E-state index contributed by atoms with van der Waals surface area (Å²) in [5, 5.41) is 9.42. The molecule has 20 heavy (non-hydrogen) atoms. The first-order valence-electron chi connectivity index (χ1n) is 5.92. The topological polar surface area (TPSA) is 83.5 Å². The van der Waals surface area contributed by atoms with Crippen molar-refractivity contribution in [1.82, 2.24) is 4.72 Å². The molecule has 0 radical (unpaired) electrons. The third kappa shape index (κ3) is 4.94. The first kappa shape index (κ1) is 17.2. The van der Waals surface area contributed by atoms with Gasteiger partial charge in [-0.25, -0.2) is 13.1 Å². The second-order valence-corrected chi connectivity index (χ2v) is 6.82. The molecule has 1 aromatic carbocycles. The van der Waals surface area contributed by atoms with E-state index in [9.17, 15) is 13.2 Å². The van der Waals surface area contributed by atoms with Gasteiger partial charge in [-0.2, -0.15) is 0 Å². The fraction of sp³-hybridized carbons (Fsp3) is 0.417. The van der Waals surface area contributed by atoms with E-state index in [1.54, 1.807) is 13.0 Å². The van der Waals surface area contributed by atoms with Crippen LogP contribution in [-0.2, 0) is 20.6 Å². The summed E-state index contributed by atoms with van der Waals surface area (Å²) in [6, 6.07) is 3.51. The van der Waals surface area contributed by atoms with Gasteiger partial charge in [0.2, 0.25) is 10.0 Å². The zero-order valence-electron chi connectivity index (χ0n) is 10.8. The molecule has 0 aromatic heterocycles. The average Bonchev–Trinajstić information content (AvgIpc) is 2.33. The maximum Gasteiger partial charge on any atom is 0.321 e.